The van der Waals surface area contributed by atoms with E-state index in [4.69, 9.17) is 0 Å². The fourth-order valence-electron chi connectivity index (χ4n) is 2.07. The summed E-state index contributed by atoms with van der Waals surface area (Å²) in [6, 6.07) is 7.26. The molecular weight excluding hydrogens is 222 g/mol. The molecule has 0 unspecified atom stereocenters. The molecule has 1 fully saturated rings. The highest BCUT2D eigenvalue weighted by Gasteiger charge is 2.13. The molecule has 1 aromatic rings. The second-order valence-corrected chi connectivity index (χ2v) is 6.42. The number of nitrogens with zero attached hydrogens (tertiary/aromatic N) is 1. The molecule has 1 aliphatic rings. The van der Waals surface area contributed by atoms with Gasteiger partial charge in [0.2, 0.25) is 0 Å². The van der Waals surface area contributed by atoms with E-state index in [0.717, 1.165) is 25.2 Å². The molecule has 1 saturated heterocycles. The van der Waals surface area contributed by atoms with Gasteiger partial charge in [-0.25, -0.2) is 8.42 Å². The molecule has 2 rings (SSSR count). The zero-order valence-corrected chi connectivity index (χ0v) is 10.3. The summed E-state index contributed by atoms with van der Waals surface area (Å²) in [6.45, 7) is 3.12. The van der Waals surface area contributed by atoms with Crippen LogP contribution < -0.4 is 0 Å². The molecule has 0 spiro atoms. The molecule has 1 aliphatic heterocycles. The molecule has 0 saturated carbocycles. The summed E-state index contributed by atoms with van der Waals surface area (Å²) in [4.78, 5) is 2.78. The maximum absolute atomic E-state index is 11.4. The minimum Gasteiger partial charge on any atom is -0.299 e. The van der Waals surface area contributed by atoms with E-state index >= 15 is 0 Å². The van der Waals surface area contributed by atoms with Crippen molar-refractivity contribution in [2.75, 3.05) is 19.3 Å². The first-order valence-electron chi connectivity index (χ1n) is 5.57. The lowest BCUT2D eigenvalue weighted by molar-refractivity contribution is 0.331. The largest absolute Gasteiger partial charge is 0.299 e. The Morgan fingerprint density at radius 1 is 1.25 bits per heavy atom. The smallest absolute Gasteiger partial charge is 0.175 e. The average molecular weight is 239 g/mol. The van der Waals surface area contributed by atoms with Crippen LogP contribution >= 0.6 is 0 Å². The second kappa shape index (κ2) is 4.55. The van der Waals surface area contributed by atoms with Crippen molar-refractivity contribution in [3.8, 4) is 0 Å². The van der Waals surface area contributed by atoms with Gasteiger partial charge in [-0.05, 0) is 43.6 Å². The van der Waals surface area contributed by atoms with Crippen LogP contribution in [0.1, 0.15) is 18.4 Å². The van der Waals surface area contributed by atoms with Gasteiger partial charge in [0.15, 0.2) is 9.84 Å². The summed E-state index contributed by atoms with van der Waals surface area (Å²) < 4.78 is 22.8. The van der Waals surface area contributed by atoms with Crippen molar-refractivity contribution in [2.45, 2.75) is 24.3 Å². The monoisotopic (exact) mass is 239 g/mol. The van der Waals surface area contributed by atoms with E-state index in [9.17, 15) is 8.42 Å². The van der Waals surface area contributed by atoms with E-state index in [1.807, 2.05) is 12.1 Å². The van der Waals surface area contributed by atoms with Crippen molar-refractivity contribution in [3.05, 3.63) is 29.8 Å². The van der Waals surface area contributed by atoms with Crippen molar-refractivity contribution < 1.29 is 8.42 Å². The zero-order valence-electron chi connectivity index (χ0n) is 9.52. The van der Waals surface area contributed by atoms with Crippen molar-refractivity contribution in [1.82, 2.24) is 4.90 Å². The Kier molecular flexibility index (Phi) is 3.30. The fourth-order valence-corrected chi connectivity index (χ4v) is 2.76. The van der Waals surface area contributed by atoms with Crippen molar-refractivity contribution >= 4 is 9.84 Å². The number of sulfone groups is 1. The Morgan fingerprint density at radius 2 is 1.94 bits per heavy atom. The Hall–Kier alpha value is -0.870. The molecule has 3 nitrogen and oxygen atoms in total. The normalized spacial score (nSPS) is 17.8. The first-order chi connectivity index (χ1) is 7.55. The third-order valence-corrected chi connectivity index (χ3v) is 4.04. The molecule has 0 atom stereocenters. The molecule has 0 amide bonds. The van der Waals surface area contributed by atoms with Crippen molar-refractivity contribution in [1.29, 1.82) is 0 Å². The maximum Gasteiger partial charge on any atom is 0.175 e. The molecule has 0 N–H and O–H groups in total. The minimum atomic E-state index is -3.08. The van der Waals surface area contributed by atoms with Gasteiger partial charge in [0.1, 0.15) is 0 Å². The van der Waals surface area contributed by atoms with Crippen LogP contribution in [0.15, 0.2) is 29.2 Å². The van der Waals surface area contributed by atoms with Gasteiger partial charge in [-0.3, -0.25) is 4.90 Å². The summed E-state index contributed by atoms with van der Waals surface area (Å²) >= 11 is 0. The lowest BCUT2D eigenvalue weighted by atomic mass is 10.2. The molecular formula is C12H17NO2S. The summed E-state index contributed by atoms with van der Waals surface area (Å²) in [5.41, 5.74) is 1.09. The molecule has 16 heavy (non-hydrogen) atoms. The highest BCUT2D eigenvalue weighted by atomic mass is 32.2. The van der Waals surface area contributed by atoms with Crippen LogP contribution in [0.25, 0.3) is 0 Å². The van der Waals surface area contributed by atoms with Crippen LogP contribution in [0.3, 0.4) is 0 Å². The molecule has 0 aromatic heterocycles. The van der Waals surface area contributed by atoms with Crippen molar-refractivity contribution in [3.63, 3.8) is 0 Å². The fraction of sp³-hybridized carbons (Fsp3) is 0.500. The third kappa shape index (κ3) is 2.83. The van der Waals surface area contributed by atoms with Gasteiger partial charge >= 0.3 is 0 Å². The highest BCUT2D eigenvalue weighted by molar-refractivity contribution is 7.90. The van der Waals surface area contributed by atoms with Crippen LogP contribution in [-0.2, 0) is 16.4 Å². The Balaban J connectivity index is 2.16. The van der Waals surface area contributed by atoms with E-state index in [-0.39, 0.29) is 0 Å². The predicted octanol–water partition coefficient (Wildman–Crippen LogP) is 1.69. The molecule has 88 valence electrons. The van der Waals surface area contributed by atoms with Crippen LogP contribution in [0.5, 0.6) is 0 Å². The van der Waals surface area contributed by atoms with E-state index in [1.165, 1.54) is 19.1 Å². The number of hydrogen-bond donors (Lipinski definition) is 0. The Labute approximate surface area is 97.0 Å². The minimum absolute atomic E-state index is 0.421. The van der Waals surface area contributed by atoms with Gasteiger partial charge in [0, 0.05) is 12.8 Å². The molecule has 1 aromatic carbocycles. The maximum atomic E-state index is 11.4. The van der Waals surface area contributed by atoms with Crippen molar-refractivity contribution in [2.24, 2.45) is 0 Å². The molecule has 0 radical (unpaired) electrons. The van der Waals surface area contributed by atoms with E-state index in [2.05, 4.69) is 4.90 Å². The van der Waals surface area contributed by atoms with Gasteiger partial charge in [-0.15, -0.1) is 0 Å². The summed E-state index contributed by atoms with van der Waals surface area (Å²) in [5, 5.41) is 0. The van der Waals surface area contributed by atoms with E-state index < -0.39 is 9.84 Å². The quantitative estimate of drug-likeness (QED) is 0.805. The Morgan fingerprint density at radius 3 is 2.56 bits per heavy atom. The number of benzene rings is 1. The van der Waals surface area contributed by atoms with Crippen LogP contribution in [0.2, 0.25) is 0 Å². The number of rotatable bonds is 3. The lowest BCUT2D eigenvalue weighted by Gasteiger charge is -2.14. The second-order valence-electron chi connectivity index (χ2n) is 4.40. The average Bonchev–Trinajstić information content (AvgIpc) is 2.70. The lowest BCUT2D eigenvalue weighted by Crippen LogP contribution is -2.18. The SMILES string of the molecule is CS(=O)(=O)c1cccc(CN2CCCC2)c1. The van der Waals surface area contributed by atoms with Crippen LogP contribution in [-0.4, -0.2) is 32.7 Å². The standard InChI is InChI=1S/C12H17NO2S/c1-16(14,15)12-6-4-5-11(9-12)10-13-7-2-3-8-13/h4-6,9H,2-3,7-8,10H2,1H3. The predicted molar refractivity (Wildman–Crippen MR) is 64.1 cm³/mol. The molecule has 4 heteroatoms. The van der Waals surface area contributed by atoms with E-state index in [1.54, 1.807) is 12.1 Å². The summed E-state index contributed by atoms with van der Waals surface area (Å²) in [5.74, 6) is 0. The third-order valence-electron chi connectivity index (χ3n) is 2.93. The van der Waals surface area contributed by atoms with Gasteiger partial charge < -0.3 is 0 Å². The highest BCUT2D eigenvalue weighted by Crippen LogP contribution is 2.16. The first kappa shape index (κ1) is 11.6. The zero-order chi connectivity index (χ0) is 11.6. The van der Waals surface area contributed by atoms with E-state index in [0.29, 0.717) is 4.90 Å². The molecule has 1 heterocycles. The van der Waals surface area contributed by atoms with Gasteiger partial charge in [-0.1, -0.05) is 12.1 Å². The van der Waals surface area contributed by atoms with Gasteiger partial charge in [0.05, 0.1) is 4.90 Å². The summed E-state index contributed by atoms with van der Waals surface area (Å²) in [6.07, 6.45) is 3.76. The Bertz CT molecular complexity index is 462. The summed E-state index contributed by atoms with van der Waals surface area (Å²) in [7, 11) is -3.08. The van der Waals surface area contributed by atoms with Gasteiger partial charge in [0.25, 0.3) is 0 Å². The number of hydrogen-bond acceptors (Lipinski definition) is 3. The topological polar surface area (TPSA) is 37.4 Å². The number of likely N-dealkylation sites (tertiary alicyclic amines) is 1. The van der Waals surface area contributed by atoms with Crippen LogP contribution in [0.4, 0.5) is 0 Å². The van der Waals surface area contributed by atoms with Gasteiger partial charge in [-0.2, -0.15) is 0 Å². The molecule has 0 bridgehead atoms. The first-order valence-corrected chi connectivity index (χ1v) is 7.46. The molecule has 0 aliphatic carbocycles. The van der Waals surface area contributed by atoms with Crippen LogP contribution in [0, 0.1) is 0 Å².